The van der Waals surface area contributed by atoms with Gasteiger partial charge in [0.15, 0.2) is 5.60 Å². The van der Waals surface area contributed by atoms with Crippen molar-refractivity contribution < 1.29 is 31.0 Å². The summed E-state index contributed by atoms with van der Waals surface area (Å²) in [6.45, 7) is -1.18. The molecule has 0 aromatic heterocycles. The second-order valence-electron chi connectivity index (χ2n) is 4.40. The zero-order chi connectivity index (χ0) is 14.8. The molecule has 6 heteroatoms. The third-order valence-corrected chi connectivity index (χ3v) is 2.97. The molecule has 104 valence electrons. The maximum absolute atomic E-state index is 11.9. The van der Waals surface area contributed by atoms with Crippen LogP contribution in [-0.2, 0) is 9.47 Å². The third kappa shape index (κ3) is 2.62. The molecular formula is C13H16O6. The predicted molar refractivity (Wildman–Crippen MR) is 64.2 cm³/mol. The molecule has 1 aromatic carbocycles. The van der Waals surface area contributed by atoms with E-state index in [4.69, 9.17) is 16.0 Å². The molecule has 0 aliphatic carbocycles. The lowest BCUT2D eigenvalue weighted by Crippen LogP contribution is -2.47. The van der Waals surface area contributed by atoms with Crippen LogP contribution in [0.15, 0.2) is 30.3 Å². The molecule has 0 amide bonds. The van der Waals surface area contributed by atoms with Crippen molar-refractivity contribution in [3.63, 3.8) is 0 Å². The largest absolute Gasteiger partial charge is 0.429 e. The van der Waals surface area contributed by atoms with E-state index in [2.05, 4.69) is 0 Å². The van der Waals surface area contributed by atoms with Gasteiger partial charge in [0.25, 0.3) is 0 Å². The summed E-state index contributed by atoms with van der Waals surface area (Å²) >= 11 is 0. The van der Waals surface area contributed by atoms with Gasteiger partial charge in [0, 0.05) is 1.37 Å². The molecule has 4 atom stereocenters. The average Bonchev–Trinajstić information content (AvgIpc) is 2.73. The number of ether oxygens (including phenoxy) is 2. The Morgan fingerprint density at radius 3 is 2.79 bits per heavy atom. The van der Waals surface area contributed by atoms with Crippen molar-refractivity contribution in [2.24, 2.45) is 0 Å². The Kier molecular flexibility index (Phi) is 3.48. The normalized spacial score (nSPS) is 34.9. The summed E-state index contributed by atoms with van der Waals surface area (Å²) in [6.07, 6.45) is -4.10. The molecule has 19 heavy (non-hydrogen) atoms. The minimum atomic E-state index is -2.06. The summed E-state index contributed by atoms with van der Waals surface area (Å²) in [5, 5.41) is 29.0. The lowest BCUT2D eigenvalue weighted by molar-refractivity contribution is -0.172. The third-order valence-electron chi connectivity index (χ3n) is 2.97. The number of rotatable bonds is 3. The van der Waals surface area contributed by atoms with Gasteiger partial charge in [-0.1, -0.05) is 18.2 Å². The monoisotopic (exact) mass is 269 g/mol. The van der Waals surface area contributed by atoms with Crippen molar-refractivity contribution in [1.82, 2.24) is 0 Å². The SMILES string of the molecule is [2H]C[C@]1(O)C(OC(=O)c2ccccc2)O[C@H](CO)[C@H]1O. The molecular weight excluding hydrogens is 252 g/mol. The Morgan fingerprint density at radius 2 is 2.21 bits per heavy atom. The van der Waals surface area contributed by atoms with Crippen LogP contribution in [0.1, 0.15) is 18.6 Å². The van der Waals surface area contributed by atoms with Crippen LogP contribution >= 0.6 is 0 Å². The molecule has 1 fully saturated rings. The van der Waals surface area contributed by atoms with Gasteiger partial charge in [-0.2, -0.15) is 0 Å². The highest BCUT2D eigenvalue weighted by Gasteiger charge is 2.54. The maximum Gasteiger partial charge on any atom is 0.340 e. The fourth-order valence-electron chi connectivity index (χ4n) is 1.82. The number of hydrogen-bond acceptors (Lipinski definition) is 6. The molecule has 0 bridgehead atoms. The molecule has 0 saturated carbocycles. The van der Waals surface area contributed by atoms with E-state index in [-0.39, 0.29) is 5.56 Å². The van der Waals surface area contributed by atoms with Crippen molar-refractivity contribution in [3.8, 4) is 0 Å². The molecule has 1 saturated heterocycles. The topological polar surface area (TPSA) is 96.2 Å². The van der Waals surface area contributed by atoms with E-state index in [0.29, 0.717) is 0 Å². The van der Waals surface area contributed by atoms with Crippen LogP contribution < -0.4 is 0 Å². The number of aliphatic hydroxyl groups excluding tert-OH is 2. The van der Waals surface area contributed by atoms with Crippen LogP contribution in [0.4, 0.5) is 0 Å². The van der Waals surface area contributed by atoms with Crippen molar-refractivity contribution in [2.45, 2.75) is 31.0 Å². The second kappa shape index (κ2) is 5.26. The summed E-state index contributed by atoms with van der Waals surface area (Å²) in [5.41, 5.74) is -1.80. The van der Waals surface area contributed by atoms with Gasteiger partial charge in [-0.15, -0.1) is 0 Å². The van der Waals surface area contributed by atoms with E-state index in [0.717, 1.165) is 0 Å². The molecule has 1 aromatic rings. The number of esters is 1. The first-order valence-electron chi connectivity index (χ1n) is 6.45. The molecule has 1 aliphatic heterocycles. The number of benzene rings is 1. The van der Waals surface area contributed by atoms with E-state index < -0.39 is 43.6 Å². The Hall–Kier alpha value is -1.47. The second-order valence-corrected chi connectivity index (χ2v) is 4.40. The smallest absolute Gasteiger partial charge is 0.340 e. The molecule has 0 radical (unpaired) electrons. The summed E-state index contributed by atoms with van der Waals surface area (Å²) in [6, 6.07) is 8.07. The van der Waals surface area contributed by atoms with Crippen LogP contribution in [-0.4, -0.2) is 52.0 Å². The first-order valence-corrected chi connectivity index (χ1v) is 5.75. The van der Waals surface area contributed by atoms with Gasteiger partial charge in [0.2, 0.25) is 6.29 Å². The lowest BCUT2D eigenvalue weighted by Gasteiger charge is -2.25. The van der Waals surface area contributed by atoms with Gasteiger partial charge in [0.05, 0.1) is 12.2 Å². The van der Waals surface area contributed by atoms with Crippen LogP contribution in [0.5, 0.6) is 0 Å². The van der Waals surface area contributed by atoms with Gasteiger partial charge in [-0.25, -0.2) is 4.79 Å². The summed E-state index contributed by atoms with van der Waals surface area (Å²) in [5.74, 6) is -0.742. The number of hydrogen-bond donors (Lipinski definition) is 3. The van der Waals surface area contributed by atoms with E-state index in [1.807, 2.05) is 0 Å². The first kappa shape index (κ1) is 12.6. The average molecular weight is 269 g/mol. The molecule has 3 N–H and O–H groups in total. The van der Waals surface area contributed by atoms with Crippen LogP contribution in [0.3, 0.4) is 0 Å². The zero-order valence-electron chi connectivity index (χ0n) is 11.1. The molecule has 6 nitrogen and oxygen atoms in total. The standard InChI is InChI=1S/C13H16O6/c1-13(17)10(15)9(7-14)18-12(13)19-11(16)8-5-3-2-4-6-8/h2-6,9-10,12,14-15,17H,7H2,1H3/t9-,10-,12?,13-/m1/s1/i1D. The minimum Gasteiger partial charge on any atom is -0.429 e. The van der Waals surface area contributed by atoms with Crippen molar-refractivity contribution in [2.75, 3.05) is 6.61 Å². The quantitative estimate of drug-likeness (QED) is 0.650. The van der Waals surface area contributed by atoms with Crippen molar-refractivity contribution in [3.05, 3.63) is 35.9 Å². The van der Waals surface area contributed by atoms with Gasteiger partial charge < -0.3 is 24.8 Å². The van der Waals surface area contributed by atoms with Gasteiger partial charge in [-0.05, 0) is 19.0 Å². The zero-order valence-corrected chi connectivity index (χ0v) is 10.1. The van der Waals surface area contributed by atoms with E-state index in [9.17, 15) is 15.0 Å². The van der Waals surface area contributed by atoms with Crippen molar-refractivity contribution >= 4 is 5.97 Å². The highest BCUT2D eigenvalue weighted by Crippen LogP contribution is 2.32. The lowest BCUT2D eigenvalue weighted by atomic mass is 9.98. The maximum atomic E-state index is 11.9. The minimum absolute atomic E-state index is 0.255. The summed E-state index contributed by atoms with van der Waals surface area (Å²) in [4.78, 5) is 11.9. The molecule has 1 unspecified atom stereocenters. The fraction of sp³-hybridized carbons (Fsp3) is 0.462. The predicted octanol–water partition coefficient (Wildman–Crippen LogP) is -0.328. The Bertz CT molecular complexity index is 467. The number of aliphatic hydroxyl groups is 3. The van der Waals surface area contributed by atoms with Gasteiger partial charge >= 0.3 is 5.97 Å². The molecule has 0 spiro atoms. The first-order chi connectivity index (χ1) is 9.52. The highest BCUT2D eigenvalue weighted by molar-refractivity contribution is 5.89. The number of carbonyl (C=O) groups is 1. The van der Waals surface area contributed by atoms with Gasteiger partial charge in [-0.3, -0.25) is 0 Å². The highest BCUT2D eigenvalue weighted by atomic mass is 16.7. The molecule has 1 aliphatic rings. The molecule has 2 rings (SSSR count). The van der Waals surface area contributed by atoms with E-state index >= 15 is 0 Å². The Morgan fingerprint density at radius 1 is 1.53 bits per heavy atom. The van der Waals surface area contributed by atoms with Gasteiger partial charge in [0.1, 0.15) is 12.2 Å². The fourth-order valence-corrected chi connectivity index (χ4v) is 1.82. The number of carbonyl (C=O) groups excluding carboxylic acids is 1. The van der Waals surface area contributed by atoms with E-state index in [1.165, 1.54) is 12.1 Å². The van der Waals surface area contributed by atoms with E-state index in [1.54, 1.807) is 18.2 Å². The van der Waals surface area contributed by atoms with Crippen LogP contribution in [0.25, 0.3) is 0 Å². The molecule has 1 heterocycles. The summed E-state index contributed by atoms with van der Waals surface area (Å²) in [7, 11) is 0. The van der Waals surface area contributed by atoms with Crippen LogP contribution in [0, 0.1) is 0 Å². The Balaban J connectivity index is 2.14. The summed E-state index contributed by atoms with van der Waals surface area (Å²) < 4.78 is 17.4. The van der Waals surface area contributed by atoms with Crippen LogP contribution in [0.2, 0.25) is 0 Å². The van der Waals surface area contributed by atoms with Crippen molar-refractivity contribution in [1.29, 1.82) is 0 Å². The Labute approximate surface area is 111 Å².